The highest BCUT2D eigenvalue weighted by Crippen LogP contribution is 2.24. The predicted molar refractivity (Wildman–Crippen MR) is 70.8 cm³/mol. The SMILES string of the molecule is COCc1nc(CSCC(C)C)sc1C(=O)O. The molecule has 17 heavy (non-hydrogen) atoms. The number of methoxy groups -OCH3 is 1. The van der Waals surface area contributed by atoms with Crippen molar-refractivity contribution in [3.63, 3.8) is 0 Å². The maximum absolute atomic E-state index is 11.0. The van der Waals surface area contributed by atoms with Gasteiger partial charge in [0.2, 0.25) is 0 Å². The number of rotatable bonds is 7. The van der Waals surface area contributed by atoms with Gasteiger partial charge >= 0.3 is 5.97 Å². The van der Waals surface area contributed by atoms with E-state index in [-0.39, 0.29) is 6.61 Å². The Morgan fingerprint density at radius 1 is 1.59 bits per heavy atom. The molecule has 0 aromatic carbocycles. The molecule has 6 heteroatoms. The Balaban J connectivity index is 2.67. The number of hydrogen-bond donors (Lipinski definition) is 1. The van der Waals surface area contributed by atoms with E-state index in [1.165, 1.54) is 18.4 Å². The van der Waals surface area contributed by atoms with Crippen LogP contribution in [-0.4, -0.2) is 28.9 Å². The van der Waals surface area contributed by atoms with Crippen molar-refractivity contribution in [1.82, 2.24) is 4.98 Å². The Labute approximate surface area is 109 Å². The molecule has 0 fully saturated rings. The van der Waals surface area contributed by atoms with Gasteiger partial charge in [-0.25, -0.2) is 9.78 Å². The van der Waals surface area contributed by atoms with E-state index in [4.69, 9.17) is 9.84 Å². The van der Waals surface area contributed by atoms with Gasteiger partial charge in [-0.05, 0) is 11.7 Å². The van der Waals surface area contributed by atoms with E-state index in [0.29, 0.717) is 16.5 Å². The monoisotopic (exact) mass is 275 g/mol. The average Bonchev–Trinajstić information content (AvgIpc) is 2.61. The summed E-state index contributed by atoms with van der Waals surface area (Å²) in [7, 11) is 1.54. The van der Waals surface area contributed by atoms with Crippen LogP contribution in [0.3, 0.4) is 0 Å². The molecule has 0 aliphatic carbocycles. The van der Waals surface area contributed by atoms with Crippen LogP contribution in [0.2, 0.25) is 0 Å². The molecule has 0 spiro atoms. The van der Waals surface area contributed by atoms with E-state index in [1.54, 1.807) is 11.8 Å². The second kappa shape index (κ2) is 6.98. The number of thioether (sulfide) groups is 1. The summed E-state index contributed by atoms with van der Waals surface area (Å²) in [6, 6.07) is 0. The Hall–Kier alpha value is -0.590. The maximum Gasteiger partial charge on any atom is 0.347 e. The molecule has 0 saturated carbocycles. The molecule has 1 aromatic heterocycles. The normalized spacial score (nSPS) is 11.1. The molecule has 0 saturated heterocycles. The lowest BCUT2D eigenvalue weighted by atomic mass is 10.3. The van der Waals surface area contributed by atoms with Crippen LogP contribution in [0, 0.1) is 5.92 Å². The van der Waals surface area contributed by atoms with Crippen molar-refractivity contribution in [2.75, 3.05) is 12.9 Å². The van der Waals surface area contributed by atoms with Crippen molar-refractivity contribution in [1.29, 1.82) is 0 Å². The first-order chi connectivity index (χ1) is 8.04. The Kier molecular flexibility index (Phi) is 5.94. The number of thiazole rings is 1. The Morgan fingerprint density at radius 2 is 2.29 bits per heavy atom. The van der Waals surface area contributed by atoms with Gasteiger partial charge in [0.1, 0.15) is 9.88 Å². The van der Waals surface area contributed by atoms with E-state index in [9.17, 15) is 4.79 Å². The fourth-order valence-electron chi connectivity index (χ4n) is 1.25. The molecule has 1 rings (SSSR count). The molecule has 1 heterocycles. The standard InChI is InChI=1S/C11H17NO3S2/c1-7(2)5-16-6-9-12-8(4-15-3)10(17-9)11(13)14/h7H,4-6H2,1-3H3,(H,13,14). The number of aromatic nitrogens is 1. The van der Waals surface area contributed by atoms with Gasteiger partial charge in [0.05, 0.1) is 12.3 Å². The number of nitrogens with zero attached hydrogens (tertiary/aromatic N) is 1. The third-order valence-corrected chi connectivity index (χ3v) is 4.54. The Bertz CT molecular complexity index is 377. The summed E-state index contributed by atoms with van der Waals surface area (Å²) in [6.07, 6.45) is 0. The van der Waals surface area contributed by atoms with Crippen molar-refractivity contribution >= 4 is 29.1 Å². The predicted octanol–water partition coefficient (Wildman–Crippen LogP) is 2.88. The van der Waals surface area contributed by atoms with E-state index in [2.05, 4.69) is 18.8 Å². The number of carboxylic acid groups (broad SMARTS) is 1. The van der Waals surface area contributed by atoms with Crippen molar-refractivity contribution < 1.29 is 14.6 Å². The number of aromatic carboxylic acids is 1. The topological polar surface area (TPSA) is 59.4 Å². The highest BCUT2D eigenvalue weighted by Gasteiger charge is 2.16. The van der Waals surface area contributed by atoms with Crippen LogP contribution in [0.15, 0.2) is 0 Å². The summed E-state index contributed by atoms with van der Waals surface area (Å²) in [4.78, 5) is 15.6. The maximum atomic E-state index is 11.0. The van der Waals surface area contributed by atoms with Crippen LogP contribution < -0.4 is 0 Å². The molecule has 96 valence electrons. The summed E-state index contributed by atoms with van der Waals surface area (Å²) in [6.45, 7) is 4.58. The van der Waals surface area contributed by atoms with E-state index in [1.807, 2.05) is 0 Å². The van der Waals surface area contributed by atoms with Crippen molar-refractivity contribution in [3.8, 4) is 0 Å². The molecule has 1 N–H and O–H groups in total. The van der Waals surface area contributed by atoms with Gasteiger partial charge < -0.3 is 9.84 Å². The zero-order chi connectivity index (χ0) is 12.8. The third kappa shape index (κ3) is 4.65. The second-order valence-electron chi connectivity index (χ2n) is 4.03. The molecular weight excluding hydrogens is 258 g/mol. The zero-order valence-corrected chi connectivity index (χ0v) is 11.9. The van der Waals surface area contributed by atoms with Gasteiger partial charge in [-0.15, -0.1) is 11.3 Å². The van der Waals surface area contributed by atoms with Crippen LogP contribution >= 0.6 is 23.1 Å². The quantitative estimate of drug-likeness (QED) is 0.829. The van der Waals surface area contributed by atoms with Gasteiger partial charge in [0.15, 0.2) is 0 Å². The number of hydrogen-bond acceptors (Lipinski definition) is 5. The van der Waals surface area contributed by atoms with Crippen molar-refractivity contribution in [2.45, 2.75) is 26.2 Å². The van der Waals surface area contributed by atoms with Crippen LogP contribution in [-0.2, 0) is 17.1 Å². The second-order valence-corrected chi connectivity index (χ2v) is 6.14. The molecular formula is C11H17NO3S2. The molecule has 0 aliphatic rings. The summed E-state index contributed by atoms with van der Waals surface area (Å²) in [5.74, 6) is 1.54. The average molecular weight is 275 g/mol. The molecule has 0 amide bonds. The van der Waals surface area contributed by atoms with Gasteiger partial charge in [-0.3, -0.25) is 0 Å². The fourth-order valence-corrected chi connectivity index (χ4v) is 3.26. The third-order valence-electron chi connectivity index (χ3n) is 1.89. The molecule has 4 nitrogen and oxygen atoms in total. The minimum atomic E-state index is -0.922. The minimum Gasteiger partial charge on any atom is -0.477 e. The van der Waals surface area contributed by atoms with Crippen LogP contribution in [0.5, 0.6) is 0 Å². The minimum absolute atomic E-state index is 0.257. The van der Waals surface area contributed by atoms with Crippen LogP contribution in [0.1, 0.15) is 34.2 Å². The van der Waals surface area contributed by atoms with Crippen molar-refractivity contribution in [3.05, 3.63) is 15.6 Å². The number of carbonyl (C=O) groups is 1. The number of ether oxygens (including phenoxy) is 1. The molecule has 0 unspecified atom stereocenters. The highest BCUT2D eigenvalue weighted by molar-refractivity contribution is 7.98. The van der Waals surface area contributed by atoms with Gasteiger partial charge in [-0.2, -0.15) is 11.8 Å². The highest BCUT2D eigenvalue weighted by atomic mass is 32.2. The van der Waals surface area contributed by atoms with Gasteiger partial charge in [0.25, 0.3) is 0 Å². The smallest absolute Gasteiger partial charge is 0.347 e. The fraction of sp³-hybridized carbons (Fsp3) is 0.636. The van der Waals surface area contributed by atoms with Crippen LogP contribution in [0.25, 0.3) is 0 Å². The first-order valence-corrected chi connectivity index (χ1v) is 7.30. The zero-order valence-electron chi connectivity index (χ0n) is 10.2. The summed E-state index contributed by atoms with van der Waals surface area (Å²) >= 11 is 3.03. The molecule has 1 aromatic rings. The molecule has 0 bridgehead atoms. The van der Waals surface area contributed by atoms with E-state index >= 15 is 0 Å². The van der Waals surface area contributed by atoms with E-state index < -0.39 is 5.97 Å². The van der Waals surface area contributed by atoms with Crippen LogP contribution in [0.4, 0.5) is 0 Å². The van der Waals surface area contributed by atoms with Gasteiger partial charge in [0, 0.05) is 12.9 Å². The summed E-state index contributed by atoms with van der Waals surface area (Å²) in [5.41, 5.74) is 0.533. The Morgan fingerprint density at radius 3 is 2.82 bits per heavy atom. The first kappa shape index (κ1) is 14.5. The lowest BCUT2D eigenvalue weighted by Gasteiger charge is -2.01. The molecule has 0 radical (unpaired) electrons. The van der Waals surface area contributed by atoms with E-state index in [0.717, 1.165) is 16.5 Å². The van der Waals surface area contributed by atoms with Crippen molar-refractivity contribution in [2.24, 2.45) is 5.92 Å². The lowest BCUT2D eigenvalue weighted by Crippen LogP contribution is -1.99. The first-order valence-electron chi connectivity index (χ1n) is 5.33. The summed E-state index contributed by atoms with van der Waals surface area (Å²) < 4.78 is 4.95. The molecule has 0 aliphatic heterocycles. The lowest BCUT2D eigenvalue weighted by molar-refractivity contribution is 0.0697. The summed E-state index contributed by atoms with van der Waals surface area (Å²) in [5, 5.41) is 9.89. The largest absolute Gasteiger partial charge is 0.477 e. The molecule has 0 atom stereocenters. The van der Waals surface area contributed by atoms with Gasteiger partial charge in [-0.1, -0.05) is 13.8 Å². The number of carboxylic acids is 1.